The van der Waals surface area contributed by atoms with Gasteiger partial charge in [-0.15, -0.1) is 0 Å². The minimum Gasteiger partial charge on any atom is -0.493 e. The predicted molar refractivity (Wildman–Crippen MR) is 89.3 cm³/mol. The SMILES string of the molecule is O=C(O)COCCNC(=O)c1ccc(OCC2CCCCC2)cc1. The summed E-state index contributed by atoms with van der Waals surface area (Å²) in [5.41, 5.74) is 0.540. The largest absolute Gasteiger partial charge is 0.493 e. The molecule has 1 amide bonds. The van der Waals surface area contributed by atoms with Crippen LogP contribution in [0.15, 0.2) is 24.3 Å². The first-order valence-electron chi connectivity index (χ1n) is 8.46. The second kappa shape index (κ2) is 9.93. The summed E-state index contributed by atoms with van der Waals surface area (Å²) >= 11 is 0. The van der Waals surface area contributed by atoms with E-state index in [1.165, 1.54) is 32.1 Å². The Morgan fingerprint density at radius 3 is 2.50 bits per heavy atom. The lowest BCUT2D eigenvalue weighted by molar-refractivity contribution is -0.142. The summed E-state index contributed by atoms with van der Waals surface area (Å²) in [5.74, 6) is 0.187. The van der Waals surface area contributed by atoms with Crippen molar-refractivity contribution in [3.63, 3.8) is 0 Å². The Kier molecular flexibility index (Phi) is 7.55. The second-order valence-electron chi connectivity index (χ2n) is 6.04. The van der Waals surface area contributed by atoms with Crippen LogP contribution in [0.4, 0.5) is 0 Å². The summed E-state index contributed by atoms with van der Waals surface area (Å²) in [5, 5.41) is 11.1. The van der Waals surface area contributed by atoms with Gasteiger partial charge >= 0.3 is 5.97 Å². The van der Waals surface area contributed by atoms with E-state index in [0.29, 0.717) is 11.5 Å². The molecule has 1 aliphatic carbocycles. The number of carboxylic acids is 1. The molecule has 1 saturated carbocycles. The van der Waals surface area contributed by atoms with Gasteiger partial charge in [-0.1, -0.05) is 19.3 Å². The third-order valence-corrected chi connectivity index (χ3v) is 4.08. The van der Waals surface area contributed by atoms with Crippen molar-refractivity contribution in [3.8, 4) is 5.75 Å². The van der Waals surface area contributed by atoms with Crippen LogP contribution in [0.5, 0.6) is 5.75 Å². The normalized spacial score (nSPS) is 15.0. The van der Waals surface area contributed by atoms with Crippen LogP contribution in [0, 0.1) is 5.92 Å². The number of aliphatic carboxylic acids is 1. The fourth-order valence-electron chi connectivity index (χ4n) is 2.77. The quantitative estimate of drug-likeness (QED) is 0.677. The number of hydrogen-bond donors (Lipinski definition) is 2. The number of nitrogens with one attached hydrogen (secondary N) is 1. The van der Waals surface area contributed by atoms with Crippen molar-refractivity contribution in [2.24, 2.45) is 5.92 Å². The Morgan fingerprint density at radius 2 is 1.83 bits per heavy atom. The highest BCUT2D eigenvalue weighted by molar-refractivity contribution is 5.94. The summed E-state index contributed by atoms with van der Waals surface area (Å²) in [6, 6.07) is 7.06. The fraction of sp³-hybridized carbons (Fsp3) is 0.556. The fourth-order valence-corrected chi connectivity index (χ4v) is 2.77. The van der Waals surface area contributed by atoms with E-state index < -0.39 is 5.97 Å². The van der Waals surface area contributed by atoms with Crippen LogP contribution in [-0.4, -0.2) is 43.3 Å². The van der Waals surface area contributed by atoms with Gasteiger partial charge in [0.05, 0.1) is 13.2 Å². The summed E-state index contributed by atoms with van der Waals surface area (Å²) in [7, 11) is 0. The molecule has 0 aliphatic heterocycles. The number of carbonyl (C=O) groups excluding carboxylic acids is 1. The van der Waals surface area contributed by atoms with Gasteiger partial charge in [0.15, 0.2) is 0 Å². The van der Waals surface area contributed by atoms with E-state index in [1.54, 1.807) is 24.3 Å². The summed E-state index contributed by atoms with van der Waals surface area (Å²) in [6.45, 7) is 0.821. The predicted octanol–water partition coefficient (Wildman–Crippen LogP) is 2.48. The summed E-state index contributed by atoms with van der Waals surface area (Å²) in [6.07, 6.45) is 6.41. The Morgan fingerprint density at radius 1 is 1.12 bits per heavy atom. The van der Waals surface area contributed by atoms with Crippen LogP contribution in [0.1, 0.15) is 42.5 Å². The van der Waals surface area contributed by atoms with E-state index in [4.69, 9.17) is 14.6 Å². The molecule has 6 nitrogen and oxygen atoms in total. The van der Waals surface area contributed by atoms with Gasteiger partial charge in [0.1, 0.15) is 12.4 Å². The van der Waals surface area contributed by atoms with Gasteiger partial charge in [-0.25, -0.2) is 4.79 Å². The molecule has 0 atom stereocenters. The van der Waals surface area contributed by atoms with E-state index in [9.17, 15) is 9.59 Å². The summed E-state index contributed by atoms with van der Waals surface area (Å²) in [4.78, 5) is 22.2. The van der Waals surface area contributed by atoms with E-state index in [0.717, 1.165) is 12.4 Å². The zero-order valence-electron chi connectivity index (χ0n) is 13.8. The van der Waals surface area contributed by atoms with Gasteiger partial charge in [-0.2, -0.15) is 0 Å². The highest BCUT2D eigenvalue weighted by atomic mass is 16.5. The van der Waals surface area contributed by atoms with Crippen LogP contribution in [0.2, 0.25) is 0 Å². The number of rotatable bonds is 9. The Bertz CT molecular complexity index is 523. The molecule has 0 unspecified atom stereocenters. The molecule has 0 heterocycles. The van der Waals surface area contributed by atoms with E-state index in [1.807, 2.05) is 0 Å². The minimum atomic E-state index is -1.02. The van der Waals surface area contributed by atoms with E-state index in [-0.39, 0.29) is 25.7 Å². The number of hydrogen-bond acceptors (Lipinski definition) is 4. The van der Waals surface area contributed by atoms with Crippen LogP contribution in [0.3, 0.4) is 0 Å². The molecule has 0 aromatic heterocycles. The van der Waals surface area contributed by atoms with Crippen molar-refractivity contribution < 1.29 is 24.2 Å². The van der Waals surface area contributed by atoms with E-state index in [2.05, 4.69) is 5.32 Å². The number of carboxylic acid groups (broad SMARTS) is 1. The van der Waals surface area contributed by atoms with Gasteiger partial charge in [-0.05, 0) is 43.0 Å². The molecule has 1 aliphatic rings. The first kappa shape index (κ1) is 18.3. The lowest BCUT2D eigenvalue weighted by Gasteiger charge is -2.21. The maximum absolute atomic E-state index is 11.9. The molecule has 24 heavy (non-hydrogen) atoms. The van der Waals surface area contributed by atoms with Crippen molar-refractivity contribution in [2.75, 3.05) is 26.4 Å². The van der Waals surface area contributed by atoms with Crippen molar-refractivity contribution >= 4 is 11.9 Å². The highest BCUT2D eigenvalue weighted by Gasteiger charge is 2.14. The van der Waals surface area contributed by atoms with Crippen molar-refractivity contribution in [2.45, 2.75) is 32.1 Å². The molecule has 2 N–H and O–H groups in total. The van der Waals surface area contributed by atoms with E-state index >= 15 is 0 Å². The molecule has 1 aromatic rings. The Labute approximate surface area is 142 Å². The lowest BCUT2D eigenvalue weighted by Crippen LogP contribution is -2.27. The molecular weight excluding hydrogens is 310 g/mol. The van der Waals surface area contributed by atoms with Crippen LogP contribution in [-0.2, 0) is 9.53 Å². The van der Waals surface area contributed by atoms with Crippen LogP contribution in [0.25, 0.3) is 0 Å². The molecule has 0 bridgehead atoms. The smallest absolute Gasteiger partial charge is 0.329 e. The molecule has 0 saturated heterocycles. The minimum absolute atomic E-state index is 0.167. The van der Waals surface area contributed by atoms with Crippen molar-refractivity contribution in [3.05, 3.63) is 29.8 Å². The molecule has 1 aromatic carbocycles. The van der Waals surface area contributed by atoms with Gasteiger partial charge in [-0.3, -0.25) is 4.79 Å². The third kappa shape index (κ3) is 6.58. The summed E-state index contributed by atoms with van der Waals surface area (Å²) < 4.78 is 10.7. The number of ether oxygens (including phenoxy) is 2. The van der Waals surface area contributed by atoms with Gasteiger partial charge < -0.3 is 19.9 Å². The molecule has 0 spiro atoms. The zero-order chi connectivity index (χ0) is 17.2. The highest BCUT2D eigenvalue weighted by Crippen LogP contribution is 2.24. The topological polar surface area (TPSA) is 84.9 Å². The Balaban J connectivity index is 1.68. The first-order valence-corrected chi connectivity index (χ1v) is 8.46. The maximum atomic E-state index is 11.9. The zero-order valence-corrected chi connectivity index (χ0v) is 13.8. The maximum Gasteiger partial charge on any atom is 0.329 e. The van der Waals surface area contributed by atoms with Gasteiger partial charge in [0.2, 0.25) is 0 Å². The molecule has 0 radical (unpaired) electrons. The average molecular weight is 335 g/mol. The van der Waals surface area contributed by atoms with Gasteiger partial charge in [0.25, 0.3) is 5.91 Å². The van der Waals surface area contributed by atoms with Gasteiger partial charge in [0, 0.05) is 12.1 Å². The number of benzene rings is 1. The molecule has 132 valence electrons. The standard InChI is InChI=1S/C18H25NO5/c20-17(21)13-23-11-10-19-18(22)15-6-8-16(9-7-15)24-12-14-4-2-1-3-5-14/h6-9,14H,1-5,10-13H2,(H,19,22)(H,20,21). The molecule has 6 heteroatoms. The lowest BCUT2D eigenvalue weighted by atomic mass is 9.90. The number of amides is 1. The second-order valence-corrected chi connectivity index (χ2v) is 6.04. The molecule has 1 fully saturated rings. The third-order valence-electron chi connectivity index (χ3n) is 4.08. The molecule has 2 rings (SSSR count). The van der Waals surface area contributed by atoms with Crippen LogP contribution >= 0.6 is 0 Å². The van der Waals surface area contributed by atoms with Crippen molar-refractivity contribution in [1.82, 2.24) is 5.32 Å². The molecular formula is C18H25NO5. The average Bonchev–Trinajstić information content (AvgIpc) is 2.60. The van der Waals surface area contributed by atoms with Crippen molar-refractivity contribution in [1.29, 1.82) is 0 Å². The monoisotopic (exact) mass is 335 g/mol. The Hall–Kier alpha value is -2.08. The van der Waals surface area contributed by atoms with Crippen LogP contribution < -0.4 is 10.1 Å². The first-order chi connectivity index (χ1) is 11.6. The number of carbonyl (C=O) groups is 2.